The van der Waals surface area contributed by atoms with Crippen molar-refractivity contribution in [3.05, 3.63) is 58.6 Å². The van der Waals surface area contributed by atoms with E-state index >= 15 is 0 Å². The minimum absolute atomic E-state index is 0.102. The zero-order chi connectivity index (χ0) is 16.4. The van der Waals surface area contributed by atoms with E-state index in [1.807, 2.05) is 42.5 Å². The number of likely N-dealkylation sites (tertiary alicyclic amines) is 1. The van der Waals surface area contributed by atoms with Gasteiger partial charge in [-0.05, 0) is 29.3 Å². The minimum Gasteiger partial charge on any atom is -0.338 e. The van der Waals surface area contributed by atoms with E-state index in [0.29, 0.717) is 5.56 Å². The van der Waals surface area contributed by atoms with Crippen LogP contribution in [0.3, 0.4) is 0 Å². The van der Waals surface area contributed by atoms with Crippen LogP contribution in [0.2, 0.25) is 0 Å². The van der Waals surface area contributed by atoms with Gasteiger partial charge in [-0.2, -0.15) is 0 Å². The number of amides is 1. The van der Waals surface area contributed by atoms with E-state index in [1.165, 1.54) is 4.90 Å². The predicted molar refractivity (Wildman–Crippen MR) is 89.7 cm³/mol. The van der Waals surface area contributed by atoms with Crippen molar-refractivity contribution in [1.82, 2.24) is 4.90 Å². The summed E-state index contributed by atoms with van der Waals surface area (Å²) in [6, 6.07) is 15.1. The third kappa shape index (κ3) is 3.61. The molecular weight excluding hydrogens is 364 g/mol. The molecule has 0 aromatic heterocycles. The van der Waals surface area contributed by atoms with E-state index in [9.17, 15) is 13.6 Å². The molecule has 0 bridgehead atoms. The summed E-state index contributed by atoms with van der Waals surface area (Å²) < 4.78 is 27.4. The Morgan fingerprint density at radius 1 is 1.04 bits per heavy atom. The van der Waals surface area contributed by atoms with Gasteiger partial charge in [0.05, 0.1) is 0 Å². The highest BCUT2D eigenvalue weighted by molar-refractivity contribution is 9.10. The maximum Gasteiger partial charge on any atom is 0.253 e. The molecule has 1 aliphatic rings. The summed E-state index contributed by atoms with van der Waals surface area (Å²) in [6.07, 6.45) is -0.522. The second-order valence-electron chi connectivity index (χ2n) is 5.71. The van der Waals surface area contributed by atoms with Gasteiger partial charge in [0.2, 0.25) is 0 Å². The standard InChI is InChI=1S/C18H16BrF2NO/c19-16-7-2-1-6-15(16)13-4-3-5-14(12-13)17(23)22-10-8-18(20,21)9-11-22/h1-7,12H,8-11H2. The second kappa shape index (κ2) is 6.40. The van der Waals surface area contributed by atoms with Crippen molar-refractivity contribution in [2.75, 3.05) is 13.1 Å². The van der Waals surface area contributed by atoms with Crippen LogP contribution in [0, 0.1) is 0 Å². The topological polar surface area (TPSA) is 20.3 Å². The number of hydrogen-bond acceptors (Lipinski definition) is 1. The van der Waals surface area contributed by atoms with E-state index < -0.39 is 5.92 Å². The first-order chi connectivity index (χ1) is 11.0. The monoisotopic (exact) mass is 379 g/mol. The second-order valence-corrected chi connectivity index (χ2v) is 6.56. The summed E-state index contributed by atoms with van der Waals surface area (Å²) in [6.45, 7) is 0.205. The Labute approximate surface area is 142 Å². The molecule has 0 atom stereocenters. The average molecular weight is 380 g/mol. The molecular formula is C18H16BrF2NO. The first kappa shape index (κ1) is 16.1. The summed E-state index contributed by atoms with van der Waals surface area (Å²) in [4.78, 5) is 14.1. The summed E-state index contributed by atoms with van der Waals surface area (Å²) in [5.41, 5.74) is 2.45. The molecule has 0 spiro atoms. The van der Waals surface area contributed by atoms with Crippen LogP contribution >= 0.6 is 15.9 Å². The Hall–Kier alpha value is -1.75. The largest absolute Gasteiger partial charge is 0.338 e. The van der Waals surface area contributed by atoms with Crippen LogP contribution in [0.25, 0.3) is 11.1 Å². The Morgan fingerprint density at radius 2 is 1.74 bits per heavy atom. The molecule has 2 aromatic carbocycles. The third-order valence-corrected chi connectivity index (χ3v) is 4.77. The smallest absolute Gasteiger partial charge is 0.253 e. The number of halogens is 3. The molecule has 2 nitrogen and oxygen atoms in total. The quantitative estimate of drug-likeness (QED) is 0.719. The van der Waals surface area contributed by atoms with Crippen LogP contribution in [-0.4, -0.2) is 29.8 Å². The molecule has 1 aliphatic heterocycles. The SMILES string of the molecule is O=C(c1cccc(-c2ccccc2Br)c1)N1CCC(F)(F)CC1. The van der Waals surface area contributed by atoms with Crippen molar-refractivity contribution < 1.29 is 13.6 Å². The van der Waals surface area contributed by atoms with Crippen molar-refractivity contribution in [3.8, 4) is 11.1 Å². The zero-order valence-corrected chi connectivity index (χ0v) is 14.0. The third-order valence-electron chi connectivity index (χ3n) is 4.08. The number of benzene rings is 2. The molecule has 1 fully saturated rings. The van der Waals surface area contributed by atoms with E-state index in [1.54, 1.807) is 6.07 Å². The van der Waals surface area contributed by atoms with Crippen molar-refractivity contribution in [1.29, 1.82) is 0 Å². The summed E-state index contributed by atoms with van der Waals surface area (Å²) >= 11 is 3.50. The molecule has 0 N–H and O–H groups in total. The molecule has 0 radical (unpaired) electrons. The Morgan fingerprint density at radius 3 is 2.43 bits per heavy atom. The van der Waals surface area contributed by atoms with E-state index in [2.05, 4.69) is 15.9 Å². The number of carbonyl (C=O) groups is 1. The molecule has 23 heavy (non-hydrogen) atoms. The highest BCUT2D eigenvalue weighted by Gasteiger charge is 2.35. The van der Waals surface area contributed by atoms with Gasteiger partial charge in [-0.1, -0.05) is 46.3 Å². The highest BCUT2D eigenvalue weighted by atomic mass is 79.9. The minimum atomic E-state index is -2.65. The summed E-state index contributed by atoms with van der Waals surface area (Å²) in [5.74, 6) is -2.83. The average Bonchev–Trinajstić information content (AvgIpc) is 2.55. The van der Waals surface area contributed by atoms with Gasteiger partial charge in [-0.3, -0.25) is 4.79 Å². The summed E-state index contributed by atoms with van der Waals surface area (Å²) in [5, 5.41) is 0. The van der Waals surface area contributed by atoms with E-state index in [4.69, 9.17) is 0 Å². The predicted octanol–water partition coefficient (Wildman–Crippen LogP) is 4.99. The first-order valence-corrected chi connectivity index (χ1v) is 8.28. The molecule has 120 valence electrons. The first-order valence-electron chi connectivity index (χ1n) is 7.48. The molecule has 1 heterocycles. The van der Waals surface area contributed by atoms with Gasteiger partial charge >= 0.3 is 0 Å². The Bertz CT molecular complexity index is 722. The lowest BCUT2D eigenvalue weighted by atomic mass is 10.0. The number of rotatable bonds is 2. The van der Waals surface area contributed by atoms with E-state index in [0.717, 1.165) is 15.6 Å². The Balaban J connectivity index is 1.83. The lowest BCUT2D eigenvalue weighted by Gasteiger charge is -2.31. The normalized spacial score (nSPS) is 17.1. The molecule has 3 rings (SSSR count). The molecule has 0 aliphatic carbocycles. The molecule has 2 aromatic rings. The number of alkyl halides is 2. The van der Waals surface area contributed by atoms with Gasteiger partial charge in [0.1, 0.15) is 0 Å². The van der Waals surface area contributed by atoms with Crippen LogP contribution in [0.5, 0.6) is 0 Å². The number of carbonyl (C=O) groups excluding carboxylic acids is 1. The lowest BCUT2D eigenvalue weighted by Crippen LogP contribution is -2.42. The van der Waals surface area contributed by atoms with Crippen LogP contribution in [0.1, 0.15) is 23.2 Å². The maximum absolute atomic E-state index is 13.2. The molecule has 0 saturated carbocycles. The van der Waals surface area contributed by atoms with Gasteiger partial charge in [0.25, 0.3) is 11.8 Å². The van der Waals surface area contributed by atoms with Crippen molar-refractivity contribution in [3.63, 3.8) is 0 Å². The van der Waals surface area contributed by atoms with Crippen molar-refractivity contribution >= 4 is 21.8 Å². The molecule has 5 heteroatoms. The number of nitrogens with zero attached hydrogens (tertiary/aromatic N) is 1. The molecule has 1 amide bonds. The number of hydrogen-bond donors (Lipinski definition) is 0. The fraction of sp³-hybridized carbons (Fsp3) is 0.278. The van der Waals surface area contributed by atoms with Crippen LogP contribution < -0.4 is 0 Å². The zero-order valence-electron chi connectivity index (χ0n) is 12.4. The maximum atomic E-state index is 13.2. The molecule has 1 saturated heterocycles. The van der Waals surface area contributed by atoms with Gasteiger partial charge in [0, 0.05) is 36.0 Å². The fourth-order valence-electron chi connectivity index (χ4n) is 2.73. The van der Waals surface area contributed by atoms with Crippen LogP contribution in [0.15, 0.2) is 53.0 Å². The Kier molecular flexibility index (Phi) is 4.48. The van der Waals surface area contributed by atoms with Crippen LogP contribution in [0.4, 0.5) is 8.78 Å². The van der Waals surface area contributed by atoms with Gasteiger partial charge in [-0.25, -0.2) is 8.78 Å². The van der Waals surface area contributed by atoms with Crippen LogP contribution in [-0.2, 0) is 0 Å². The van der Waals surface area contributed by atoms with E-state index in [-0.39, 0.29) is 31.8 Å². The van der Waals surface area contributed by atoms with Gasteiger partial charge < -0.3 is 4.90 Å². The lowest BCUT2D eigenvalue weighted by molar-refractivity contribution is -0.0494. The number of piperidine rings is 1. The van der Waals surface area contributed by atoms with Crippen molar-refractivity contribution in [2.45, 2.75) is 18.8 Å². The highest BCUT2D eigenvalue weighted by Crippen LogP contribution is 2.30. The van der Waals surface area contributed by atoms with Gasteiger partial charge in [0.15, 0.2) is 0 Å². The van der Waals surface area contributed by atoms with Gasteiger partial charge in [-0.15, -0.1) is 0 Å². The van der Waals surface area contributed by atoms with Crippen molar-refractivity contribution in [2.24, 2.45) is 0 Å². The fourth-order valence-corrected chi connectivity index (χ4v) is 3.25. The molecule has 0 unspecified atom stereocenters. The summed E-state index contributed by atoms with van der Waals surface area (Å²) in [7, 11) is 0.